The number of para-hydroxylation sites is 1. The number of hydrogen-bond acceptors (Lipinski definition) is 4. The number of hydrogen-bond donors (Lipinski definition) is 3. The van der Waals surface area contributed by atoms with Gasteiger partial charge < -0.3 is 25.2 Å². The van der Waals surface area contributed by atoms with Crippen molar-refractivity contribution in [2.24, 2.45) is 5.92 Å². The molecule has 0 fully saturated rings. The van der Waals surface area contributed by atoms with Gasteiger partial charge in [0.25, 0.3) is 0 Å². The van der Waals surface area contributed by atoms with Gasteiger partial charge in [0, 0.05) is 23.3 Å². The highest BCUT2D eigenvalue weighted by molar-refractivity contribution is 5.68. The fourth-order valence-electron chi connectivity index (χ4n) is 3.33. The van der Waals surface area contributed by atoms with Crippen LogP contribution in [0.2, 0.25) is 0 Å². The molecule has 0 saturated heterocycles. The van der Waals surface area contributed by atoms with Crippen LogP contribution in [0.1, 0.15) is 31.0 Å². The number of phenolic OH excluding ortho intramolecular Hbond substituents is 1. The van der Waals surface area contributed by atoms with E-state index in [4.69, 9.17) is 9.47 Å². The summed E-state index contributed by atoms with van der Waals surface area (Å²) in [5.41, 5.74) is 3.03. The summed E-state index contributed by atoms with van der Waals surface area (Å²) in [5.74, 6) is 2.32. The van der Waals surface area contributed by atoms with Crippen molar-refractivity contribution in [3.8, 4) is 17.2 Å². The number of aromatic hydroxyl groups is 1. The zero-order valence-electron chi connectivity index (χ0n) is 14.4. The minimum atomic E-state index is 0.0512. The summed E-state index contributed by atoms with van der Waals surface area (Å²) in [6, 6.07) is 13.6. The number of benzene rings is 2. The number of rotatable bonds is 3. The Morgan fingerprint density at radius 3 is 2.72 bits per heavy atom. The van der Waals surface area contributed by atoms with Crippen LogP contribution in [-0.2, 0) is 0 Å². The Labute approximate surface area is 147 Å². The summed E-state index contributed by atoms with van der Waals surface area (Å²) >= 11 is 0. The summed E-state index contributed by atoms with van der Waals surface area (Å²) in [5, 5.41) is 16.1. The molecule has 0 spiro atoms. The summed E-state index contributed by atoms with van der Waals surface area (Å²) < 4.78 is 10.9. The van der Waals surface area contributed by atoms with Crippen LogP contribution < -0.4 is 20.1 Å². The summed E-state index contributed by atoms with van der Waals surface area (Å²) in [4.78, 5) is 0. The van der Waals surface area contributed by atoms with E-state index in [9.17, 15) is 5.11 Å². The second-order valence-corrected chi connectivity index (χ2v) is 6.84. The van der Waals surface area contributed by atoms with Crippen LogP contribution in [-0.4, -0.2) is 18.1 Å². The van der Waals surface area contributed by atoms with E-state index in [-0.39, 0.29) is 19.0 Å². The normalized spacial score (nSPS) is 21.8. The van der Waals surface area contributed by atoms with E-state index in [0.29, 0.717) is 11.7 Å². The third-order valence-corrected chi connectivity index (χ3v) is 4.78. The van der Waals surface area contributed by atoms with Crippen molar-refractivity contribution in [1.82, 2.24) is 5.32 Å². The Hall–Kier alpha value is -2.66. The average molecular weight is 339 g/mol. The Kier molecular flexibility index (Phi) is 4.01. The first-order valence-electron chi connectivity index (χ1n) is 8.63. The van der Waals surface area contributed by atoms with E-state index in [1.54, 1.807) is 6.07 Å². The maximum Gasteiger partial charge on any atom is 0.231 e. The Morgan fingerprint density at radius 1 is 1.12 bits per heavy atom. The lowest BCUT2D eigenvalue weighted by Gasteiger charge is -2.32. The lowest BCUT2D eigenvalue weighted by atomic mass is 9.97. The van der Waals surface area contributed by atoms with Crippen molar-refractivity contribution < 1.29 is 19.9 Å². The minimum absolute atomic E-state index is 0.0512. The first-order valence-corrected chi connectivity index (χ1v) is 8.63. The predicted octanol–water partition coefficient (Wildman–Crippen LogP) is 2.35. The molecule has 0 aromatic heterocycles. The summed E-state index contributed by atoms with van der Waals surface area (Å²) in [6.07, 6.45) is 2.38. The predicted molar refractivity (Wildman–Crippen MR) is 95.1 cm³/mol. The van der Waals surface area contributed by atoms with Crippen LogP contribution in [0.25, 0.3) is 5.70 Å². The molecule has 2 aromatic carbocycles. The molecule has 0 bridgehead atoms. The SMILES string of the molecule is CC(C)C1NC(c2ccc3c(c2)OCO3)=CC(c2ccccc2O)[NH2+]1. The maximum atomic E-state index is 10.3. The van der Waals surface area contributed by atoms with E-state index >= 15 is 0 Å². The molecular formula is C20H23N2O3+. The molecule has 2 unspecified atom stereocenters. The van der Waals surface area contributed by atoms with Crippen LogP contribution in [0, 0.1) is 5.92 Å². The minimum Gasteiger partial charge on any atom is -0.507 e. The fourth-order valence-corrected chi connectivity index (χ4v) is 3.33. The number of nitrogens with one attached hydrogen (secondary N) is 1. The average Bonchev–Trinajstić information content (AvgIpc) is 3.09. The number of ether oxygens (including phenoxy) is 2. The third-order valence-electron chi connectivity index (χ3n) is 4.78. The lowest BCUT2D eigenvalue weighted by molar-refractivity contribution is -0.729. The van der Waals surface area contributed by atoms with E-state index in [0.717, 1.165) is 28.3 Å². The lowest BCUT2D eigenvalue weighted by Crippen LogP contribution is -2.96. The number of quaternary nitrogens is 1. The van der Waals surface area contributed by atoms with Crippen LogP contribution in [0.5, 0.6) is 17.2 Å². The Bertz CT molecular complexity index is 816. The fraction of sp³-hybridized carbons (Fsp3) is 0.300. The van der Waals surface area contributed by atoms with Gasteiger partial charge in [0.1, 0.15) is 11.8 Å². The highest BCUT2D eigenvalue weighted by Crippen LogP contribution is 2.35. The molecule has 5 nitrogen and oxygen atoms in total. The van der Waals surface area contributed by atoms with Crippen molar-refractivity contribution in [2.75, 3.05) is 6.79 Å². The quantitative estimate of drug-likeness (QED) is 0.803. The molecule has 2 aliphatic heterocycles. The molecule has 0 amide bonds. The van der Waals surface area contributed by atoms with Gasteiger partial charge in [-0.05, 0) is 30.3 Å². The number of nitrogens with two attached hydrogens (primary N) is 1. The molecule has 0 radical (unpaired) electrons. The second-order valence-electron chi connectivity index (χ2n) is 6.84. The van der Waals surface area contributed by atoms with Gasteiger partial charge in [-0.1, -0.05) is 26.0 Å². The van der Waals surface area contributed by atoms with Gasteiger partial charge in [-0.25, -0.2) is 0 Å². The topological polar surface area (TPSA) is 67.3 Å². The van der Waals surface area contributed by atoms with Crippen LogP contribution in [0.15, 0.2) is 48.5 Å². The first kappa shape index (κ1) is 15.8. The molecule has 2 heterocycles. The zero-order chi connectivity index (χ0) is 17.4. The molecule has 4 rings (SSSR count). The molecule has 0 aliphatic carbocycles. The second kappa shape index (κ2) is 6.33. The number of phenols is 1. The van der Waals surface area contributed by atoms with Crippen molar-refractivity contribution in [2.45, 2.75) is 26.1 Å². The molecular weight excluding hydrogens is 316 g/mol. The standard InChI is InChI=1S/C20H22N2O3/c1-12(2)20-21-15(13-7-8-18-19(9-13)25-11-24-18)10-16(22-20)14-5-3-4-6-17(14)23/h3-10,12,16,20-23H,11H2,1-2H3/p+1. The molecule has 0 saturated carbocycles. The van der Waals surface area contributed by atoms with Crippen LogP contribution in [0.4, 0.5) is 0 Å². The van der Waals surface area contributed by atoms with Gasteiger partial charge in [0.2, 0.25) is 6.79 Å². The van der Waals surface area contributed by atoms with Crippen molar-refractivity contribution in [3.63, 3.8) is 0 Å². The summed E-state index contributed by atoms with van der Waals surface area (Å²) in [7, 11) is 0. The molecule has 2 aromatic rings. The van der Waals surface area contributed by atoms with Gasteiger partial charge in [-0.3, -0.25) is 0 Å². The zero-order valence-corrected chi connectivity index (χ0v) is 14.4. The van der Waals surface area contributed by atoms with Gasteiger partial charge in [-0.2, -0.15) is 0 Å². The molecule has 2 aliphatic rings. The van der Waals surface area contributed by atoms with Gasteiger partial charge in [-0.15, -0.1) is 0 Å². The first-order chi connectivity index (χ1) is 12.1. The molecule has 5 heteroatoms. The van der Waals surface area contributed by atoms with Gasteiger partial charge >= 0.3 is 0 Å². The van der Waals surface area contributed by atoms with Gasteiger partial charge in [0.15, 0.2) is 17.7 Å². The highest BCUT2D eigenvalue weighted by Gasteiger charge is 2.30. The Morgan fingerprint density at radius 2 is 1.92 bits per heavy atom. The number of fused-ring (bicyclic) bond motifs is 1. The van der Waals surface area contributed by atoms with E-state index in [2.05, 4.69) is 30.6 Å². The van der Waals surface area contributed by atoms with Crippen LogP contribution >= 0.6 is 0 Å². The van der Waals surface area contributed by atoms with Crippen molar-refractivity contribution in [3.05, 3.63) is 59.7 Å². The largest absolute Gasteiger partial charge is 0.507 e. The molecule has 2 atom stereocenters. The molecule has 25 heavy (non-hydrogen) atoms. The summed E-state index contributed by atoms with van der Waals surface area (Å²) in [6.45, 7) is 4.66. The van der Waals surface area contributed by atoms with E-state index < -0.39 is 0 Å². The van der Waals surface area contributed by atoms with E-state index in [1.807, 2.05) is 36.4 Å². The van der Waals surface area contributed by atoms with E-state index in [1.165, 1.54) is 0 Å². The molecule has 4 N–H and O–H groups in total. The van der Waals surface area contributed by atoms with Gasteiger partial charge in [0.05, 0.1) is 5.56 Å². The van der Waals surface area contributed by atoms with Crippen LogP contribution in [0.3, 0.4) is 0 Å². The molecule has 130 valence electrons. The maximum absolute atomic E-state index is 10.3. The van der Waals surface area contributed by atoms with Crippen molar-refractivity contribution in [1.29, 1.82) is 0 Å². The third kappa shape index (κ3) is 3.03. The van der Waals surface area contributed by atoms with Crippen molar-refractivity contribution >= 4 is 5.70 Å². The monoisotopic (exact) mass is 339 g/mol. The smallest absolute Gasteiger partial charge is 0.231 e. The Balaban J connectivity index is 1.73. The highest BCUT2D eigenvalue weighted by atomic mass is 16.7.